The van der Waals surface area contributed by atoms with Gasteiger partial charge in [-0.3, -0.25) is 4.98 Å². The molecule has 0 amide bonds. The zero-order chi connectivity index (χ0) is 10.5. The minimum Gasteiger partial charge on any atom is -0.494 e. The lowest BCUT2D eigenvalue weighted by Crippen LogP contribution is -2.31. The molecule has 3 rings (SSSR count). The summed E-state index contributed by atoms with van der Waals surface area (Å²) in [4.78, 5) is 4.46. The van der Waals surface area contributed by atoms with Crippen molar-refractivity contribution in [3.05, 3.63) is 18.0 Å². The number of fused-ring (bicyclic) bond motifs is 3. The third kappa shape index (κ3) is 1.03. The van der Waals surface area contributed by atoms with Gasteiger partial charge in [-0.1, -0.05) is 0 Å². The molecule has 1 N–H and O–H groups in total. The van der Waals surface area contributed by atoms with E-state index in [1.54, 1.807) is 13.3 Å². The second-order valence-corrected chi connectivity index (χ2v) is 4.30. The van der Waals surface area contributed by atoms with Gasteiger partial charge in [0.2, 0.25) is 0 Å². The van der Waals surface area contributed by atoms with E-state index >= 15 is 0 Å². The topological polar surface area (TPSA) is 43.4 Å². The SMILES string of the molecule is COc1ccnc2c1N[C@H]1OCC[C@@]21C. The van der Waals surface area contributed by atoms with Crippen LogP contribution in [0.25, 0.3) is 0 Å². The molecule has 0 bridgehead atoms. The number of nitrogens with zero attached hydrogens (tertiary/aromatic N) is 1. The third-order valence-electron chi connectivity index (χ3n) is 3.43. The smallest absolute Gasteiger partial charge is 0.145 e. The van der Waals surface area contributed by atoms with Crippen molar-refractivity contribution in [3.8, 4) is 5.75 Å². The van der Waals surface area contributed by atoms with Crippen LogP contribution < -0.4 is 10.1 Å². The van der Waals surface area contributed by atoms with Gasteiger partial charge in [-0.05, 0) is 13.3 Å². The molecule has 0 aromatic carbocycles. The maximum Gasteiger partial charge on any atom is 0.145 e. The van der Waals surface area contributed by atoms with Crippen LogP contribution >= 0.6 is 0 Å². The Kier molecular flexibility index (Phi) is 1.71. The molecule has 0 spiro atoms. The summed E-state index contributed by atoms with van der Waals surface area (Å²) >= 11 is 0. The molecule has 0 aliphatic carbocycles. The number of pyridine rings is 1. The molecule has 0 radical (unpaired) electrons. The lowest BCUT2D eigenvalue weighted by Gasteiger charge is -2.20. The average molecular weight is 206 g/mol. The molecule has 0 unspecified atom stereocenters. The van der Waals surface area contributed by atoms with Crippen LogP contribution in [0.2, 0.25) is 0 Å². The average Bonchev–Trinajstić information content (AvgIpc) is 2.72. The first-order valence-electron chi connectivity index (χ1n) is 5.17. The predicted octanol–water partition coefficient (Wildman–Crippen LogP) is 1.52. The van der Waals surface area contributed by atoms with Gasteiger partial charge in [0.15, 0.2) is 0 Å². The Bertz CT molecular complexity index is 408. The largest absolute Gasteiger partial charge is 0.494 e. The molecule has 4 heteroatoms. The van der Waals surface area contributed by atoms with E-state index in [4.69, 9.17) is 9.47 Å². The van der Waals surface area contributed by atoms with Crippen molar-refractivity contribution < 1.29 is 9.47 Å². The van der Waals surface area contributed by atoms with Crippen molar-refractivity contribution >= 4 is 5.69 Å². The number of hydrogen-bond donors (Lipinski definition) is 1. The summed E-state index contributed by atoms with van der Waals surface area (Å²) in [5.41, 5.74) is 2.07. The van der Waals surface area contributed by atoms with Crippen LogP contribution in [0.5, 0.6) is 5.75 Å². The monoisotopic (exact) mass is 206 g/mol. The van der Waals surface area contributed by atoms with Crippen molar-refractivity contribution in [2.75, 3.05) is 19.0 Å². The van der Waals surface area contributed by atoms with Crippen LogP contribution in [0, 0.1) is 0 Å². The Morgan fingerprint density at radius 2 is 2.53 bits per heavy atom. The van der Waals surface area contributed by atoms with Gasteiger partial charge >= 0.3 is 0 Å². The normalized spacial score (nSPS) is 32.0. The van der Waals surface area contributed by atoms with E-state index in [1.165, 1.54) is 0 Å². The molecule has 0 saturated carbocycles. The molecule has 2 atom stereocenters. The van der Waals surface area contributed by atoms with Crippen molar-refractivity contribution in [3.63, 3.8) is 0 Å². The first kappa shape index (κ1) is 8.97. The van der Waals surface area contributed by atoms with Crippen LogP contribution in [-0.4, -0.2) is 24.9 Å². The van der Waals surface area contributed by atoms with Crippen LogP contribution in [0.4, 0.5) is 5.69 Å². The van der Waals surface area contributed by atoms with Gasteiger partial charge < -0.3 is 14.8 Å². The Morgan fingerprint density at radius 3 is 3.33 bits per heavy atom. The lowest BCUT2D eigenvalue weighted by atomic mass is 9.85. The molecule has 4 nitrogen and oxygen atoms in total. The second-order valence-electron chi connectivity index (χ2n) is 4.30. The fourth-order valence-electron chi connectivity index (χ4n) is 2.47. The van der Waals surface area contributed by atoms with E-state index < -0.39 is 0 Å². The summed E-state index contributed by atoms with van der Waals surface area (Å²) in [6, 6.07) is 1.87. The van der Waals surface area contributed by atoms with Gasteiger partial charge in [-0.15, -0.1) is 0 Å². The molecule has 3 heterocycles. The Morgan fingerprint density at radius 1 is 1.67 bits per heavy atom. The van der Waals surface area contributed by atoms with Crippen molar-refractivity contribution in [1.29, 1.82) is 0 Å². The van der Waals surface area contributed by atoms with E-state index in [0.717, 1.165) is 30.2 Å². The summed E-state index contributed by atoms with van der Waals surface area (Å²) < 4.78 is 11.0. The number of ether oxygens (including phenoxy) is 2. The second kappa shape index (κ2) is 2.85. The number of hydrogen-bond acceptors (Lipinski definition) is 4. The standard InChI is InChI=1S/C11H14N2O2/c1-11-4-6-15-10(11)13-8-7(14-2)3-5-12-9(8)11/h3,5,10,13H,4,6H2,1-2H3/t10-,11-/m0/s1. The van der Waals surface area contributed by atoms with E-state index in [-0.39, 0.29) is 11.6 Å². The maximum absolute atomic E-state index is 5.66. The molecule has 1 aromatic heterocycles. The molecule has 1 saturated heterocycles. The number of aromatic nitrogens is 1. The highest BCUT2D eigenvalue weighted by atomic mass is 16.5. The van der Waals surface area contributed by atoms with Crippen LogP contribution in [-0.2, 0) is 10.2 Å². The molecule has 80 valence electrons. The summed E-state index contributed by atoms with van der Waals surface area (Å²) in [6.45, 7) is 2.99. The zero-order valence-electron chi connectivity index (χ0n) is 8.91. The van der Waals surface area contributed by atoms with E-state index in [1.807, 2.05) is 6.07 Å². The van der Waals surface area contributed by atoms with Crippen molar-refractivity contribution in [2.24, 2.45) is 0 Å². The number of nitrogens with one attached hydrogen (secondary N) is 1. The minimum absolute atomic E-state index is 0.00384. The van der Waals surface area contributed by atoms with Gasteiger partial charge in [0, 0.05) is 12.3 Å². The first-order valence-corrected chi connectivity index (χ1v) is 5.17. The Balaban J connectivity index is 2.15. The summed E-state index contributed by atoms with van der Waals surface area (Å²) in [5.74, 6) is 0.847. The zero-order valence-corrected chi connectivity index (χ0v) is 8.91. The van der Waals surface area contributed by atoms with Gasteiger partial charge in [-0.2, -0.15) is 0 Å². The minimum atomic E-state index is 0.00384. The summed E-state index contributed by atoms with van der Waals surface area (Å²) in [7, 11) is 1.68. The summed E-state index contributed by atoms with van der Waals surface area (Å²) in [6.07, 6.45) is 2.86. The first-order chi connectivity index (χ1) is 7.25. The highest BCUT2D eigenvalue weighted by molar-refractivity contribution is 5.66. The van der Waals surface area contributed by atoms with Crippen molar-refractivity contribution in [1.82, 2.24) is 4.98 Å². The Labute approximate surface area is 88.6 Å². The van der Waals surface area contributed by atoms with Gasteiger partial charge in [-0.25, -0.2) is 0 Å². The van der Waals surface area contributed by atoms with Crippen molar-refractivity contribution in [2.45, 2.75) is 25.0 Å². The summed E-state index contributed by atoms with van der Waals surface area (Å²) in [5, 5.41) is 3.35. The number of rotatable bonds is 1. The molecular formula is C11H14N2O2. The van der Waals surface area contributed by atoms with E-state index in [9.17, 15) is 0 Å². The van der Waals surface area contributed by atoms with Gasteiger partial charge in [0.1, 0.15) is 17.7 Å². The van der Waals surface area contributed by atoms with Crippen LogP contribution in [0.15, 0.2) is 12.3 Å². The number of methoxy groups -OCH3 is 1. The molecule has 2 aliphatic heterocycles. The molecule has 1 fully saturated rings. The molecule has 1 aromatic rings. The Hall–Kier alpha value is -1.29. The quantitative estimate of drug-likeness (QED) is 0.756. The molecular weight excluding hydrogens is 192 g/mol. The van der Waals surface area contributed by atoms with Crippen LogP contribution in [0.3, 0.4) is 0 Å². The van der Waals surface area contributed by atoms with Gasteiger partial charge in [0.05, 0.1) is 24.8 Å². The van der Waals surface area contributed by atoms with Gasteiger partial charge in [0.25, 0.3) is 0 Å². The number of anilines is 1. The molecule has 2 aliphatic rings. The van der Waals surface area contributed by atoms with E-state index in [2.05, 4.69) is 17.2 Å². The third-order valence-corrected chi connectivity index (χ3v) is 3.43. The highest BCUT2D eigenvalue weighted by Crippen LogP contribution is 2.49. The molecule has 15 heavy (non-hydrogen) atoms. The van der Waals surface area contributed by atoms with Crippen LogP contribution in [0.1, 0.15) is 19.0 Å². The lowest BCUT2D eigenvalue weighted by molar-refractivity contribution is 0.111. The fourth-order valence-corrected chi connectivity index (χ4v) is 2.47. The highest BCUT2D eigenvalue weighted by Gasteiger charge is 2.49. The van der Waals surface area contributed by atoms with E-state index in [0.29, 0.717) is 0 Å². The predicted molar refractivity (Wildman–Crippen MR) is 56.1 cm³/mol. The fraction of sp³-hybridized carbons (Fsp3) is 0.545. The maximum atomic E-state index is 5.66.